The zero-order valence-electron chi connectivity index (χ0n) is 21.3. The minimum Gasteiger partial charge on any atom is -0.453 e. The third-order valence-corrected chi connectivity index (χ3v) is 7.63. The van der Waals surface area contributed by atoms with E-state index in [2.05, 4.69) is 20.6 Å². The average Bonchev–Trinajstić information content (AvgIpc) is 3.27. The van der Waals surface area contributed by atoms with Crippen LogP contribution >= 0.6 is 11.6 Å². The van der Waals surface area contributed by atoms with E-state index in [0.717, 1.165) is 25.0 Å². The molecule has 208 valence electrons. The lowest BCUT2D eigenvalue weighted by Crippen LogP contribution is -2.45. The van der Waals surface area contributed by atoms with Gasteiger partial charge >= 0.3 is 6.09 Å². The minimum atomic E-state index is -0.864. The summed E-state index contributed by atoms with van der Waals surface area (Å²) in [5.74, 6) is -1.59. The predicted octanol–water partition coefficient (Wildman–Crippen LogP) is 4.36. The molecular weight excluding hydrogens is 534 g/mol. The number of likely N-dealkylation sites (tertiary alicyclic amines) is 1. The predicted molar refractivity (Wildman–Crippen MR) is 141 cm³/mol. The van der Waals surface area contributed by atoms with Crippen LogP contribution in [0, 0.1) is 17.6 Å². The third kappa shape index (κ3) is 5.68. The SMILES string of the molecule is COC(=O)N1CCC[C@@H](Nc2ncc3nc(Nc4c(F)cc(F)cc4Cl)n([C@H]4CC[C@H](C(N)=O)CC4)c3n2)C1. The Balaban J connectivity index is 1.48. The van der Waals surface area contributed by atoms with E-state index < -0.39 is 11.6 Å². The van der Waals surface area contributed by atoms with Crippen molar-refractivity contribution in [2.75, 3.05) is 30.8 Å². The van der Waals surface area contributed by atoms with Crippen LogP contribution in [0.15, 0.2) is 18.3 Å². The average molecular weight is 563 g/mol. The summed E-state index contributed by atoms with van der Waals surface area (Å²) >= 11 is 6.15. The number of carbonyl (C=O) groups excluding carboxylic acids is 2. The number of hydrogen-bond donors (Lipinski definition) is 3. The van der Waals surface area contributed by atoms with E-state index in [1.54, 1.807) is 11.1 Å². The maximum absolute atomic E-state index is 14.7. The first-order valence-electron chi connectivity index (χ1n) is 12.8. The van der Waals surface area contributed by atoms with Gasteiger partial charge in [-0.2, -0.15) is 4.98 Å². The van der Waals surface area contributed by atoms with Gasteiger partial charge in [0.05, 0.1) is 24.0 Å². The Labute approximate surface area is 228 Å². The maximum atomic E-state index is 14.7. The number of hydrogen-bond acceptors (Lipinski definition) is 8. The molecule has 14 heteroatoms. The highest BCUT2D eigenvalue weighted by atomic mass is 35.5. The molecule has 2 aromatic heterocycles. The number of fused-ring (bicyclic) bond motifs is 1. The summed E-state index contributed by atoms with van der Waals surface area (Å²) in [6.45, 7) is 1.06. The first kappa shape index (κ1) is 26.9. The number of halogens is 3. The molecule has 1 aliphatic heterocycles. The smallest absolute Gasteiger partial charge is 0.409 e. The molecule has 0 spiro atoms. The second-order valence-corrected chi connectivity index (χ2v) is 10.3. The summed E-state index contributed by atoms with van der Waals surface area (Å²) in [6, 6.07) is 1.55. The summed E-state index contributed by atoms with van der Waals surface area (Å²) in [7, 11) is 1.35. The Bertz CT molecular complexity index is 1370. The summed E-state index contributed by atoms with van der Waals surface area (Å²) in [5, 5.41) is 6.09. The Kier molecular flexibility index (Phi) is 7.69. The van der Waals surface area contributed by atoms with Gasteiger partial charge in [0.15, 0.2) is 11.5 Å². The van der Waals surface area contributed by atoms with E-state index in [-0.39, 0.29) is 46.7 Å². The van der Waals surface area contributed by atoms with Gasteiger partial charge in [0.1, 0.15) is 11.3 Å². The summed E-state index contributed by atoms with van der Waals surface area (Å²) in [6.07, 6.45) is 5.22. The number of nitrogens with two attached hydrogens (primary N) is 1. The summed E-state index contributed by atoms with van der Waals surface area (Å²) < 4.78 is 35.0. The van der Waals surface area contributed by atoms with Crippen molar-refractivity contribution in [2.45, 2.75) is 50.6 Å². The topological polar surface area (TPSA) is 140 Å². The van der Waals surface area contributed by atoms with E-state index in [9.17, 15) is 18.4 Å². The monoisotopic (exact) mass is 562 g/mol. The molecule has 5 rings (SSSR count). The first-order valence-corrected chi connectivity index (χ1v) is 13.2. The number of rotatable bonds is 6. The van der Waals surface area contributed by atoms with Gasteiger partial charge in [-0.3, -0.25) is 9.36 Å². The Hall–Kier alpha value is -3.74. The third-order valence-electron chi connectivity index (χ3n) is 7.33. The molecule has 1 atom stereocenters. The second-order valence-electron chi connectivity index (χ2n) is 9.88. The molecule has 2 amide bonds. The molecule has 2 aliphatic rings. The second kappa shape index (κ2) is 11.2. The van der Waals surface area contributed by atoms with Crippen LogP contribution in [-0.4, -0.2) is 62.7 Å². The molecular formula is C25H29ClF2N8O3. The molecule has 1 aliphatic carbocycles. The molecule has 3 heterocycles. The lowest BCUT2D eigenvalue weighted by molar-refractivity contribution is -0.122. The van der Waals surface area contributed by atoms with Crippen molar-refractivity contribution in [2.24, 2.45) is 11.7 Å². The highest BCUT2D eigenvalue weighted by Crippen LogP contribution is 2.38. The lowest BCUT2D eigenvalue weighted by Gasteiger charge is -2.32. The standard InChI is InChI=1S/C25H29ClF2N8O3/c1-39-25(38)35-8-2-3-15(12-35)31-23-30-11-19-22(34-23)36(16-6-4-13(5-7-16)21(29)37)24(32-19)33-20-17(26)9-14(27)10-18(20)28/h9-11,13,15-16H,2-8,12H2,1H3,(H2,29,37)(H,32,33)(H,30,31,34)/t13-,15-,16-/m1/s1. The number of benzene rings is 1. The van der Waals surface area contributed by atoms with Gasteiger partial charge in [0.2, 0.25) is 17.8 Å². The number of nitrogens with zero attached hydrogens (tertiary/aromatic N) is 5. The number of methoxy groups -OCH3 is 1. The van der Waals surface area contributed by atoms with Gasteiger partial charge in [-0.1, -0.05) is 11.6 Å². The van der Waals surface area contributed by atoms with Crippen LogP contribution in [0.25, 0.3) is 11.2 Å². The summed E-state index contributed by atoms with van der Waals surface area (Å²) in [5.41, 5.74) is 6.37. The van der Waals surface area contributed by atoms with Crippen LogP contribution in [0.3, 0.4) is 0 Å². The van der Waals surface area contributed by atoms with E-state index >= 15 is 0 Å². The summed E-state index contributed by atoms with van der Waals surface area (Å²) in [4.78, 5) is 39.1. The number of anilines is 3. The van der Waals surface area contributed by atoms with Crippen LogP contribution in [0.1, 0.15) is 44.6 Å². The highest BCUT2D eigenvalue weighted by Gasteiger charge is 2.30. The quantitative estimate of drug-likeness (QED) is 0.402. The number of piperidine rings is 1. The molecule has 3 aromatic rings. The van der Waals surface area contributed by atoms with Gasteiger partial charge in [-0.25, -0.2) is 23.5 Å². The van der Waals surface area contributed by atoms with Crippen molar-refractivity contribution in [1.82, 2.24) is 24.4 Å². The largest absolute Gasteiger partial charge is 0.453 e. The van der Waals surface area contributed by atoms with Crippen molar-refractivity contribution in [3.63, 3.8) is 0 Å². The van der Waals surface area contributed by atoms with Gasteiger partial charge in [0.25, 0.3) is 0 Å². The van der Waals surface area contributed by atoms with E-state index in [1.165, 1.54) is 7.11 Å². The molecule has 0 bridgehead atoms. The van der Waals surface area contributed by atoms with Crippen LogP contribution in [-0.2, 0) is 9.53 Å². The van der Waals surface area contributed by atoms with E-state index in [4.69, 9.17) is 27.1 Å². The number of imidazole rings is 1. The number of aromatic nitrogens is 4. The lowest BCUT2D eigenvalue weighted by atomic mass is 9.85. The zero-order chi connectivity index (χ0) is 27.7. The van der Waals surface area contributed by atoms with Crippen molar-refractivity contribution >= 4 is 52.3 Å². The Morgan fingerprint density at radius 2 is 1.92 bits per heavy atom. The Morgan fingerprint density at radius 1 is 1.15 bits per heavy atom. The molecule has 39 heavy (non-hydrogen) atoms. The van der Waals surface area contributed by atoms with Crippen LogP contribution in [0.4, 0.5) is 31.2 Å². The van der Waals surface area contributed by atoms with Gasteiger partial charge in [0, 0.05) is 37.2 Å². The number of amides is 2. The molecule has 1 saturated heterocycles. The molecule has 0 unspecified atom stereocenters. The fourth-order valence-electron chi connectivity index (χ4n) is 5.36. The maximum Gasteiger partial charge on any atom is 0.409 e. The van der Waals surface area contributed by atoms with Crippen LogP contribution < -0.4 is 16.4 Å². The van der Waals surface area contributed by atoms with Gasteiger partial charge < -0.3 is 26.0 Å². The molecule has 1 saturated carbocycles. The minimum absolute atomic E-state index is 0.0811. The fraction of sp³-hybridized carbons (Fsp3) is 0.480. The molecule has 11 nitrogen and oxygen atoms in total. The van der Waals surface area contributed by atoms with Crippen LogP contribution in [0.5, 0.6) is 0 Å². The highest BCUT2D eigenvalue weighted by molar-refractivity contribution is 6.33. The molecule has 0 radical (unpaired) electrons. The van der Waals surface area contributed by atoms with E-state index in [1.807, 2.05) is 4.57 Å². The van der Waals surface area contributed by atoms with Crippen molar-refractivity contribution < 1.29 is 23.1 Å². The van der Waals surface area contributed by atoms with E-state index in [0.29, 0.717) is 55.9 Å². The number of primary amides is 1. The zero-order valence-corrected chi connectivity index (χ0v) is 22.0. The van der Waals surface area contributed by atoms with Crippen molar-refractivity contribution in [3.8, 4) is 0 Å². The van der Waals surface area contributed by atoms with Crippen molar-refractivity contribution in [3.05, 3.63) is 35.0 Å². The van der Waals surface area contributed by atoms with Crippen molar-refractivity contribution in [1.29, 1.82) is 0 Å². The molecule has 2 fully saturated rings. The number of carbonyl (C=O) groups is 2. The first-order chi connectivity index (χ1) is 18.7. The Morgan fingerprint density at radius 3 is 2.62 bits per heavy atom. The fourth-order valence-corrected chi connectivity index (χ4v) is 5.60. The number of ether oxygens (including phenoxy) is 1. The molecule has 4 N–H and O–H groups in total. The number of nitrogens with one attached hydrogen (secondary N) is 2. The van der Waals surface area contributed by atoms with Gasteiger partial charge in [-0.05, 0) is 44.6 Å². The molecule has 1 aromatic carbocycles. The normalized spacial score (nSPS) is 21.5. The van der Waals surface area contributed by atoms with Gasteiger partial charge in [-0.15, -0.1) is 0 Å². The van der Waals surface area contributed by atoms with Crippen LogP contribution in [0.2, 0.25) is 5.02 Å².